The van der Waals surface area contributed by atoms with Crippen LogP contribution in [0.3, 0.4) is 0 Å². The van der Waals surface area contributed by atoms with Gasteiger partial charge in [-0.25, -0.2) is 0 Å². The fraction of sp³-hybridized carbons (Fsp3) is 0.909. The zero-order valence-corrected chi connectivity index (χ0v) is 9.21. The summed E-state index contributed by atoms with van der Waals surface area (Å²) < 4.78 is 0. The Bertz CT molecular complexity index is 154. The van der Waals surface area contributed by atoms with E-state index in [9.17, 15) is 9.90 Å². The van der Waals surface area contributed by atoms with Gasteiger partial charge < -0.3 is 5.11 Å². The number of Topliss-reactive ketones (excluding diaryl/α,β-unsaturated/α-hetero) is 1. The normalized spacial score (nSPS) is 17.9. The molecular weight excluding hydrogens is 164 g/mol. The van der Waals surface area contributed by atoms with Crippen molar-refractivity contribution in [2.24, 2.45) is 11.8 Å². The van der Waals surface area contributed by atoms with Crippen LogP contribution >= 0.6 is 0 Å². The van der Waals surface area contributed by atoms with Crippen LogP contribution in [0.25, 0.3) is 0 Å². The first kappa shape index (κ1) is 12.6. The molecule has 0 rings (SSSR count). The summed E-state index contributed by atoms with van der Waals surface area (Å²) in [5.74, 6) is 0.631. The average Bonchev–Trinajstić information content (AvgIpc) is 2.14. The summed E-state index contributed by atoms with van der Waals surface area (Å²) >= 11 is 0. The Morgan fingerprint density at radius 2 is 1.85 bits per heavy atom. The molecule has 0 aliphatic heterocycles. The van der Waals surface area contributed by atoms with Crippen molar-refractivity contribution in [3.63, 3.8) is 0 Å². The molecule has 0 aromatic rings. The largest absolute Gasteiger partial charge is 0.393 e. The van der Waals surface area contributed by atoms with Crippen LogP contribution in [0.4, 0.5) is 0 Å². The van der Waals surface area contributed by atoms with E-state index in [0.717, 1.165) is 12.8 Å². The molecule has 1 N–H and O–H groups in total. The standard InChI is InChI=1S/C11H22O2/c1-5-10(12)8(3)7-9(4)11(13)6-2/h8-10,12H,5-7H2,1-4H3/t8-,9-,10-/m1/s1. The molecule has 0 saturated heterocycles. The maximum absolute atomic E-state index is 11.3. The lowest BCUT2D eigenvalue weighted by atomic mass is 9.89. The number of carbonyl (C=O) groups excluding carboxylic acids is 1. The molecule has 2 nitrogen and oxygen atoms in total. The van der Waals surface area contributed by atoms with E-state index in [2.05, 4.69) is 0 Å². The molecule has 0 amide bonds. The summed E-state index contributed by atoms with van der Waals surface area (Å²) in [5.41, 5.74) is 0. The Morgan fingerprint density at radius 1 is 1.31 bits per heavy atom. The number of rotatable bonds is 6. The second kappa shape index (κ2) is 6.14. The van der Waals surface area contributed by atoms with Gasteiger partial charge in [-0.2, -0.15) is 0 Å². The van der Waals surface area contributed by atoms with Gasteiger partial charge in [0.25, 0.3) is 0 Å². The fourth-order valence-corrected chi connectivity index (χ4v) is 1.60. The van der Waals surface area contributed by atoms with Gasteiger partial charge in [-0.3, -0.25) is 4.79 Å². The van der Waals surface area contributed by atoms with Crippen molar-refractivity contribution < 1.29 is 9.90 Å². The number of hydrogen-bond donors (Lipinski definition) is 1. The molecule has 0 fully saturated rings. The molecule has 0 radical (unpaired) electrons. The summed E-state index contributed by atoms with van der Waals surface area (Å²) in [5, 5.41) is 9.52. The SMILES string of the molecule is CCC(=O)[C@H](C)C[C@@H](C)[C@H](O)CC. The van der Waals surface area contributed by atoms with Crippen LogP contribution in [0.2, 0.25) is 0 Å². The zero-order valence-electron chi connectivity index (χ0n) is 9.21. The minimum absolute atomic E-state index is 0.0983. The van der Waals surface area contributed by atoms with E-state index >= 15 is 0 Å². The van der Waals surface area contributed by atoms with Crippen molar-refractivity contribution in [2.75, 3.05) is 0 Å². The monoisotopic (exact) mass is 186 g/mol. The third kappa shape index (κ3) is 4.41. The van der Waals surface area contributed by atoms with E-state index in [4.69, 9.17) is 0 Å². The zero-order chi connectivity index (χ0) is 10.4. The molecule has 0 heterocycles. The Labute approximate surface area is 81.3 Å². The van der Waals surface area contributed by atoms with Crippen molar-refractivity contribution in [1.29, 1.82) is 0 Å². The van der Waals surface area contributed by atoms with Gasteiger partial charge in [0, 0.05) is 12.3 Å². The van der Waals surface area contributed by atoms with Crippen LogP contribution in [-0.4, -0.2) is 17.0 Å². The predicted octanol–water partition coefficient (Wildman–Crippen LogP) is 2.40. The van der Waals surface area contributed by atoms with Gasteiger partial charge in [0.2, 0.25) is 0 Å². The molecular formula is C11H22O2. The molecule has 0 aromatic heterocycles. The third-order valence-corrected chi connectivity index (χ3v) is 2.70. The van der Waals surface area contributed by atoms with Gasteiger partial charge in [0.15, 0.2) is 0 Å². The van der Waals surface area contributed by atoms with E-state index in [1.165, 1.54) is 0 Å². The van der Waals surface area contributed by atoms with Gasteiger partial charge in [0.05, 0.1) is 6.10 Å². The first-order chi connectivity index (χ1) is 6.02. The Balaban J connectivity index is 3.90. The van der Waals surface area contributed by atoms with E-state index in [1.807, 2.05) is 27.7 Å². The van der Waals surface area contributed by atoms with Crippen molar-refractivity contribution >= 4 is 5.78 Å². The maximum Gasteiger partial charge on any atom is 0.135 e. The highest BCUT2D eigenvalue weighted by Gasteiger charge is 2.18. The highest BCUT2D eigenvalue weighted by Crippen LogP contribution is 2.18. The smallest absolute Gasteiger partial charge is 0.135 e. The minimum atomic E-state index is -0.257. The summed E-state index contributed by atoms with van der Waals surface area (Å²) in [6, 6.07) is 0. The number of ketones is 1. The number of aliphatic hydroxyl groups excluding tert-OH is 1. The summed E-state index contributed by atoms with van der Waals surface area (Å²) in [7, 11) is 0. The van der Waals surface area contributed by atoms with Crippen molar-refractivity contribution in [3.8, 4) is 0 Å². The van der Waals surface area contributed by atoms with Gasteiger partial charge in [-0.05, 0) is 18.8 Å². The minimum Gasteiger partial charge on any atom is -0.393 e. The Hall–Kier alpha value is -0.370. The Morgan fingerprint density at radius 3 is 2.23 bits per heavy atom. The lowest BCUT2D eigenvalue weighted by Crippen LogP contribution is -2.22. The van der Waals surface area contributed by atoms with Crippen LogP contribution in [-0.2, 0) is 4.79 Å². The second-order valence-corrected chi connectivity index (χ2v) is 3.91. The maximum atomic E-state index is 11.3. The van der Waals surface area contributed by atoms with Crippen molar-refractivity contribution in [2.45, 2.75) is 53.1 Å². The van der Waals surface area contributed by atoms with Crippen LogP contribution in [0.5, 0.6) is 0 Å². The molecule has 0 bridgehead atoms. The first-order valence-electron chi connectivity index (χ1n) is 5.23. The predicted molar refractivity (Wildman–Crippen MR) is 54.5 cm³/mol. The quantitative estimate of drug-likeness (QED) is 0.691. The van der Waals surface area contributed by atoms with E-state index in [1.54, 1.807) is 0 Å². The second-order valence-electron chi connectivity index (χ2n) is 3.91. The molecule has 0 aromatic carbocycles. The van der Waals surface area contributed by atoms with E-state index in [0.29, 0.717) is 12.2 Å². The molecule has 3 atom stereocenters. The van der Waals surface area contributed by atoms with Gasteiger partial charge >= 0.3 is 0 Å². The number of hydrogen-bond acceptors (Lipinski definition) is 2. The number of aliphatic hydroxyl groups is 1. The van der Waals surface area contributed by atoms with Crippen LogP contribution in [0.15, 0.2) is 0 Å². The first-order valence-corrected chi connectivity index (χ1v) is 5.23. The highest BCUT2D eigenvalue weighted by molar-refractivity contribution is 5.80. The highest BCUT2D eigenvalue weighted by atomic mass is 16.3. The molecule has 0 aliphatic carbocycles. The Kier molecular flexibility index (Phi) is 5.97. The molecule has 78 valence electrons. The van der Waals surface area contributed by atoms with Gasteiger partial charge in [0.1, 0.15) is 5.78 Å². The van der Waals surface area contributed by atoms with E-state index in [-0.39, 0.29) is 17.9 Å². The molecule has 0 unspecified atom stereocenters. The molecule has 0 aliphatic rings. The molecule has 13 heavy (non-hydrogen) atoms. The summed E-state index contributed by atoms with van der Waals surface area (Å²) in [4.78, 5) is 11.3. The average molecular weight is 186 g/mol. The van der Waals surface area contributed by atoms with Crippen LogP contribution < -0.4 is 0 Å². The van der Waals surface area contributed by atoms with E-state index < -0.39 is 0 Å². The molecule has 0 saturated carbocycles. The fourth-order valence-electron chi connectivity index (χ4n) is 1.60. The molecule has 0 spiro atoms. The summed E-state index contributed by atoms with van der Waals surface area (Å²) in [6.07, 6.45) is 1.93. The summed E-state index contributed by atoms with van der Waals surface area (Å²) in [6.45, 7) is 7.81. The van der Waals surface area contributed by atoms with Crippen LogP contribution in [0.1, 0.15) is 47.0 Å². The topological polar surface area (TPSA) is 37.3 Å². The van der Waals surface area contributed by atoms with Crippen LogP contribution in [0, 0.1) is 11.8 Å². The lowest BCUT2D eigenvalue weighted by Gasteiger charge is -2.20. The number of carbonyl (C=O) groups is 1. The van der Waals surface area contributed by atoms with Crippen molar-refractivity contribution in [3.05, 3.63) is 0 Å². The lowest BCUT2D eigenvalue weighted by molar-refractivity contribution is -0.122. The van der Waals surface area contributed by atoms with Gasteiger partial charge in [-0.1, -0.05) is 27.7 Å². The molecule has 2 heteroatoms. The van der Waals surface area contributed by atoms with Gasteiger partial charge in [-0.15, -0.1) is 0 Å². The van der Waals surface area contributed by atoms with Crippen molar-refractivity contribution in [1.82, 2.24) is 0 Å². The third-order valence-electron chi connectivity index (χ3n) is 2.70.